The van der Waals surface area contributed by atoms with Crippen molar-refractivity contribution in [3.8, 4) is 34.2 Å². The van der Waals surface area contributed by atoms with Crippen LogP contribution in [0.3, 0.4) is 0 Å². The van der Waals surface area contributed by atoms with Crippen molar-refractivity contribution in [1.82, 2.24) is 19.2 Å². The number of nitrogens with zero attached hydrogens (tertiary/aromatic N) is 5. The molecule has 1 atom stereocenters. The molecule has 5 aromatic rings. The molecule has 0 bridgehead atoms. The Bertz CT molecular complexity index is 1830. The minimum absolute atomic E-state index is 0.0254. The first-order valence-electron chi connectivity index (χ1n) is 12.1. The number of fused-ring (bicyclic) bond motifs is 1. The number of ether oxygens (including phenoxy) is 1. The molecule has 0 radical (unpaired) electrons. The Kier molecular flexibility index (Phi) is 6.66. The van der Waals surface area contributed by atoms with Crippen LogP contribution in [0, 0.1) is 29.9 Å². The highest BCUT2D eigenvalue weighted by molar-refractivity contribution is 7.15. The lowest BCUT2D eigenvalue weighted by Crippen LogP contribution is -2.23. The molecule has 2 N–H and O–H groups in total. The molecule has 3 aromatic heterocycles. The number of aryl methyl sites for hydroxylation is 1. The number of hydrogen-bond acceptors (Lipinski definition) is 7. The number of nitriles is 1. The predicted octanol–water partition coefficient (Wildman–Crippen LogP) is 5.72. The van der Waals surface area contributed by atoms with Gasteiger partial charge < -0.3 is 10.5 Å². The lowest BCUT2D eigenvalue weighted by molar-refractivity contribution is 0.231. The Morgan fingerprint density at radius 2 is 1.90 bits per heavy atom. The molecular weight excluding hydrogens is 522 g/mol. The van der Waals surface area contributed by atoms with Crippen molar-refractivity contribution in [2.45, 2.75) is 39.8 Å². The summed E-state index contributed by atoms with van der Waals surface area (Å²) in [5, 5.41) is 16.3. The van der Waals surface area contributed by atoms with Crippen molar-refractivity contribution >= 4 is 22.1 Å². The molecule has 2 aromatic carbocycles. The molecule has 0 saturated carbocycles. The van der Waals surface area contributed by atoms with Gasteiger partial charge in [-0.15, -0.1) is 11.3 Å². The standard InChI is InChI=1S/C28H24F2N6O2S/c1-14(2)38-22-9-8-18(11-21(22)30)25-20(12-31)26(32)36(34-25)16(4)24-23(17-6-5-7-19(29)10-17)27(37)35-15(3)13-39-28(35)33-24/h5-11,13-14,16H,32H2,1-4H3/t16-/m0/s1. The summed E-state index contributed by atoms with van der Waals surface area (Å²) >= 11 is 1.29. The molecular formula is C28H24F2N6O2S. The summed E-state index contributed by atoms with van der Waals surface area (Å²) in [4.78, 5) is 18.9. The number of thiazole rings is 1. The van der Waals surface area contributed by atoms with E-state index in [0.29, 0.717) is 27.5 Å². The molecule has 5 rings (SSSR count). The third-order valence-corrected chi connectivity index (χ3v) is 7.21. The summed E-state index contributed by atoms with van der Waals surface area (Å²) in [6, 6.07) is 11.3. The first kappa shape index (κ1) is 26.1. The van der Waals surface area contributed by atoms with Crippen LogP contribution in [0.2, 0.25) is 0 Å². The number of nitrogen functional groups attached to an aromatic ring is 1. The van der Waals surface area contributed by atoms with Crippen LogP contribution in [0.1, 0.15) is 43.8 Å². The van der Waals surface area contributed by atoms with Crippen LogP contribution in [0.25, 0.3) is 27.3 Å². The molecule has 198 valence electrons. The van der Waals surface area contributed by atoms with Crippen molar-refractivity contribution < 1.29 is 13.5 Å². The smallest absolute Gasteiger partial charge is 0.266 e. The van der Waals surface area contributed by atoms with Gasteiger partial charge in [-0.05, 0) is 63.6 Å². The van der Waals surface area contributed by atoms with Crippen LogP contribution in [0.15, 0.2) is 52.6 Å². The van der Waals surface area contributed by atoms with Gasteiger partial charge in [-0.3, -0.25) is 9.20 Å². The van der Waals surface area contributed by atoms with Gasteiger partial charge in [0.15, 0.2) is 16.5 Å². The molecule has 0 aliphatic heterocycles. The van der Waals surface area contributed by atoms with Crippen LogP contribution in [0.5, 0.6) is 5.75 Å². The quantitative estimate of drug-likeness (QED) is 0.291. The van der Waals surface area contributed by atoms with E-state index < -0.39 is 17.7 Å². The number of nitrogens with two attached hydrogens (primary N) is 1. The maximum Gasteiger partial charge on any atom is 0.266 e. The Balaban J connectivity index is 1.69. The van der Waals surface area contributed by atoms with E-state index in [4.69, 9.17) is 15.5 Å². The average molecular weight is 547 g/mol. The topological polar surface area (TPSA) is 111 Å². The Labute approximate surface area is 226 Å². The largest absolute Gasteiger partial charge is 0.488 e. The fourth-order valence-electron chi connectivity index (χ4n) is 4.48. The van der Waals surface area contributed by atoms with Crippen LogP contribution in [0.4, 0.5) is 14.6 Å². The molecule has 3 heterocycles. The van der Waals surface area contributed by atoms with Gasteiger partial charge in [-0.2, -0.15) is 10.4 Å². The molecule has 0 aliphatic carbocycles. The van der Waals surface area contributed by atoms with Crippen LogP contribution >= 0.6 is 11.3 Å². The molecule has 0 fully saturated rings. The third kappa shape index (κ3) is 4.53. The zero-order valence-electron chi connectivity index (χ0n) is 21.6. The molecule has 8 nitrogen and oxygen atoms in total. The second-order valence-corrected chi connectivity index (χ2v) is 10.2. The van der Waals surface area contributed by atoms with Crippen LogP contribution in [-0.4, -0.2) is 25.3 Å². The maximum absolute atomic E-state index is 14.8. The summed E-state index contributed by atoms with van der Waals surface area (Å²) in [7, 11) is 0. The minimum atomic E-state index is -0.738. The Hall–Kier alpha value is -4.56. The zero-order valence-corrected chi connectivity index (χ0v) is 22.4. The fourth-order valence-corrected chi connectivity index (χ4v) is 5.35. The minimum Gasteiger partial charge on any atom is -0.488 e. The Morgan fingerprint density at radius 1 is 1.13 bits per heavy atom. The highest BCUT2D eigenvalue weighted by Crippen LogP contribution is 2.35. The molecule has 11 heteroatoms. The van der Waals surface area contributed by atoms with Crippen molar-refractivity contribution in [3.05, 3.63) is 86.8 Å². The van der Waals surface area contributed by atoms with Gasteiger partial charge in [0.25, 0.3) is 5.56 Å². The van der Waals surface area contributed by atoms with E-state index in [2.05, 4.69) is 11.2 Å². The highest BCUT2D eigenvalue weighted by atomic mass is 32.1. The van der Waals surface area contributed by atoms with E-state index in [9.17, 15) is 18.8 Å². The van der Waals surface area contributed by atoms with Crippen molar-refractivity contribution in [3.63, 3.8) is 0 Å². The molecule has 39 heavy (non-hydrogen) atoms. The number of hydrogen-bond donors (Lipinski definition) is 1. The Morgan fingerprint density at radius 3 is 2.56 bits per heavy atom. The normalized spacial score (nSPS) is 12.2. The SMILES string of the molecule is Cc1csc2nc([C@H](C)n3nc(-c4ccc(OC(C)C)c(F)c4)c(C#N)c3N)c(-c3cccc(F)c3)c(=O)n12. The second kappa shape index (κ2) is 9.96. The van der Waals surface area contributed by atoms with Gasteiger partial charge >= 0.3 is 0 Å². The van der Waals surface area contributed by atoms with Crippen LogP contribution in [-0.2, 0) is 0 Å². The molecule has 0 aliphatic rings. The average Bonchev–Trinajstić information content (AvgIpc) is 3.43. The van der Waals surface area contributed by atoms with E-state index >= 15 is 0 Å². The molecule has 0 spiro atoms. The lowest BCUT2D eigenvalue weighted by atomic mass is 10.0. The second-order valence-electron chi connectivity index (χ2n) is 9.34. The number of aromatic nitrogens is 4. The first-order valence-corrected chi connectivity index (χ1v) is 13.0. The monoisotopic (exact) mass is 546 g/mol. The predicted molar refractivity (Wildman–Crippen MR) is 146 cm³/mol. The van der Waals surface area contributed by atoms with Crippen molar-refractivity contribution in [1.29, 1.82) is 5.26 Å². The molecule has 0 saturated heterocycles. The van der Waals surface area contributed by atoms with Crippen molar-refractivity contribution in [2.75, 3.05) is 5.73 Å². The highest BCUT2D eigenvalue weighted by Gasteiger charge is 2.27. The van der Waals surface area contributed by atoms with Gasteiger partial charge in [0, 0.05) is 16.6 Å². The first-order chi connectivity index (χ1) is 18.6. The van der Waals surface area contributed by atoms with E-state index in [0.717, 1.165) is 0 Å². The number of rotatable bonds is 6. The van der Waals surface area contributed by atoms with Gasteiger partial charge in [0.1, 0.15) is 29.0 Å². The lowest BCUT2D eigenvalue weighted by Gasteiger charge is -2.17. The van der Waals surface area contributed by atoms with E-state index in [-0.39, 0.29) is 40.1 Å². The third-order valence-electron chi connectivity index (χ3n) is 6.27. The molecule has 0 unspecified atom stereocenters. The van der Waals surface area contributed by atoms with Gasteiger partial charge in [0.05, 0.1) is 23.4 Å². The fraction of sp³-hybridized carbons (Fsp3) is 0.214. The van der Waals surface area contributed by atoms with E-state index in [1.54, 1.807) is 39.8 Å². The zero-order chi connectivity index (χ0) is 28.0. The summed E-state index contributed by atoms with van der Waals surface area (Å²) in [5.41, 5.74) is 8.13. The molecule has 0 amide bonds. The summed E-state index contributed by atoms with van der Waals surface area (Å²) in [6.45, 7) is 7.10. The van der Waals surface area contributed by atoms with Crippen molar-refractivity contribution in [2.24, 2.45) is 0 Å². The number of anilines is 1. The maximum atomic E-state index is 14.8. The van der Waals surface area contributed by atoms with E-state index in [1.165, 1.54) is 50.8 Å². The summed E-state index contributed by atoms with van der Waals surface area (Å²) in [6.07, 6.45) is -0.218. The number of halogens is 2. The van der Waals surface area contributed by atoms with Gasteiger partial charge in [-0.1, -0.05) is 12.1 Å². The van der Waals surface area contributed by atoms with E-state index in [1.807, 2.05) is 5.38 Å². The summed E-state index contributed by atoms with van der Waals surface area (Å²) in [5.74, 6) is -1.00. The van der Waals surface area contributed by atoms with Gasteiger partial charge in [0.2, 0.25) is 0 Å². The number of benzene rings is 2. The summed E-state index contributed by atoms with van der Waals surface area (Å²) < 4.78 is 37.3. The van der Waals surface area contributed by atoms with Gasteiger partial charge in [-0.25, -0.2) is 18.4 Å². The van der Waals surface area contributed by atoms with Crippen LogP contribution < -0.4 is 16.0 Å².